The van der Waals surface area contributed by atoms with Gasteiger partial charge in [0.2, 0.25) is 0 Å². The molecule has 0 rings (SSSR count). The minimum Gasteiger partial charge on any atom is -0.463 e. The molecule has 0 aromatic rings. The molecule has 3 heteroatoms. The molecule has 0 fully saturated rings. The van der Waals surface area contributed by atoms with Crippen LogP contribution in [0.15, 0.2) is 11.1 Å². The summed E-state index contributed by atoms with van der Waals surface area (Å²) in [4.78, 5) is 11.2. The zero-order chi connectivity index (χ0) is 9.56. The number of rotatable bonds is 4. The van der Waals surface area contributed by atoms with Gasteiger partial charge in [-0.05, 0) is 20.8 Å². The first-order valence-corrected chi connectivity index (χ1v) is 3.95. The Bertz CT molecular complexity index is 178. The van der Waals surface area contributed by atoms with Crippen LogP contribution in [0.3, 0.4) is 0 Å². The van der Waals surface area contributed by atoms with Crippen LogP contribution < -0.4 is 0 Å². The summed E-state index contributed by atoms with van der Waals surface area (Å²) in [6.07, 6.45) is 0. The third-order valence-corrected chi connectivity index (χ3v) is 1.41. The van der Waals surface area contributed by atoms with Gasteiger partial charge in [0.1, 0.15) is 0 Å². The Labute approximate surface area is 73.4 Å². The van der Waals surface area contributed by atoms with Crippen molar-refractivity contribution >= 4 is 5.97 Å². The molecule has 0 heterocycles. The van der Waals surface area contributed by atoms with Crippen molar-refractivity contribution in [3.8, 4) is 0 Å². The maximum atomic E-state index is 11.2. The smallest absolute Gasteiger partial charge is 0.336 e. The summed E-state index contributed by atoms with van der Waals surface area (Å²) in [6.45, 7) is 6.24. The van der Waals surface area contributed by atoms with Crippen LogP contribution in [0.4, 0.5) is 0 Å². The summed E-state index contributed by atoms with van der Waals surface area (Å²) in [5, 5.41) is 0. The predicted octanol–water partition coefficient (Wildman–Crippen LogP) is 1.53. The second-order valence-corrected chi connectivity index (χ2v) is 2.63. The largest absolute Gasteiger partial charge is 0.463 e. The van der Waals surface area contributed by atoms with Gasteiger partial charge in [-0.3, -0.25) is 0 Å². The van der Waals surface area contributed by atoms with Gasteiger partial charge in [0.25, 0.3) is 0 Å². The first-order chi connectivity index (χ1) is 5.63. The Hall–Kier alpha value is -0.830. The molecular formula is C9H16O3. The average Bonchev–Trinajstić information content (AvgIpc) is 1.99. The third kappa shape index (κ3) is 3.53. The van der Waals surface area contributed by atoms with Crippen molar-refractivity contribution < 1.29 is 14.3 Å². The van der Waals surface area contributed by atoms with E-state index in [1.165, 1.54) is 0 Å². The third-order valence-electron chi connectivity index (χ3n) is 1.41. The summed E-state index contributed by atoms with van der Waals surface area (Å²) in [6, 6.07) is 0. The van der Waals surface area contributed by atoms with Gasteiger partial charge >= 0.3 is 5.97 Å². The van der Waals surface area contributed by atoms with E-state index in [4.69, 9.17) is 9.47 Å². The summed E-state index contributed by atoms with van der Waals surface area (Å²) in [7, 11) is 1.56. The van der Waals surface area contributed by atoms with Crippen molar-refractivity contribution in [1.82, 2.24) is 0 Å². The molecule has 0 aliphatic carbocycles. The monoisotopic (exact) mass is 172 g/mol. The normalized spacial score (nSPS) is 9.33. The highest BCUT2D eigenvalue weighted by molar-refractivity contribution is 5.89. The molecule has 70 valence electrons. The van der Waals surface area contributed by atoms with Crippen molar-refractivity contribution in [3.05, 3.63) is 11.1 Å². The molecule has 0 saturated heterocycles. The molecule has 0 N–H and O–H groups in total. The first-order valence-electron chi connectivity index (χ1n) is 3.95. The van der Waals surface area contributed by atoms with Crippen molar-refractivity contribution in [2.45, 2.75) is 20.8 Å². The van der Waals surface area contributed by atoms with E-state index in [0.29, 0.717) is 18.8 Å². The van der Waals surface area contributed by atoms with Crippen molar-refractivity contribution in [2.24, 2.45) is 0 Å². The zero-order valence-electron chi connectivity index (χ0n) is 8.14. The lowest BCUT2D eigenvalue weighted by atomic mass is 10.1. The Morgan fingerprint density at radius 3 is 2.25 bits per heavy atom. The van der Waals surface area contributed by atoms with Gasteiger partial charge in [0.05, 0.1) is 18.8 Å². The Morgan fingerprint density at radius 1 is 1.33 bits per heavy atom. The molecule has 0 aliphatic heterocycles. The second-order valence-electron chi connectivity index (χ2n) is 2.63. The Balaban J connectivity index is 4.32. The second kappa shape index (κ2) is 5.77. The molecule has 0 amide bonds. The van der Waals surface area contributed by atoms with Gasteiger partial charge in [0, 0.05) is 7.11 Å². The van der Waals surface area contributed by atoms with E-state index >= 15 is 0 Å². The molecule has 3 nitrogen and oxygen atoms in total. The van der Waals surface area contributed by atoms with Crippen LogP contribution in [0.5, 0.6) is 0 Å². The van der Waals surface area contributed by atoms with Crippen molar-refractivity contribution in [2.75, 3.05) is 20.3 Å². The van der Waals surface area contributed by atoms with E-state index in [1.807, 2.05) is 13.8 Å². The Kier molecular flexibility index (Phi) is 5.37. The summed E-state index contributed by atoms with van der Waals surface area (Å²) >= 11 is 0. The van der Waals surface area contributed by atoms with Crippen molar-refractivity contribution in [3.63, 3.8) is 0 Å². The highest BCUT2D eigenvalue weighted by Crippen LogP contribution is 2.05. The average molecular weight is 172 g/mol. The number of ether oxygens (including phenoxy) is 2. The standard InChI is InChI=1S/C9H16O3/c1-5-12-9(10)8(6-11-4)7(2)3/h5-6H2,1-4H3. The van der Waals surface area contributed by atoms with Gasteiger partial charge < -0.3 is 9.47 Å². The molecular weight excluding hydrogens is 156 g/mol. The number of hydrogen-bond donors (Lipinski definition) is 0. The Morgan fingerprint density at radius 2 is 1.92 bits per heavy atom. The molecule has 0 bridgehead atoms. The fourth-order valence-electron chi connectivity index (χ4n) is 0.770. The van der Waals surface area contributed by atoms with Crippen LogP contribution in [0, 0.1) is 0 Å². The fourth-order valence-corrected chi connectivity index (χ4v) is 0.770. The first kappa shape index (κ1) is 11.2. The van der Waals surface area contributed by atoms with Gasteiger partial charge in [-0.25, -0.2) is 4.79 Å². The number of carbonyl (C=O) groups excluding carboxylic acids is 1. The van der Waals surface area contributed by atoms with Crippen LogP contribution in [0.2, 0.25) is 0 Å². The minimum absolute atomic E-state index is 0.278. The summed E-state index contributed by atoms with van der Waals surface area (Å²) < 4.78 is 9.72. The van der Waals surface area contributed by atoms with Crippen molar-refractivity contribution in [1.29, 1.82) is 0 Å². The SMILES string of the molecule is CCOC(=O)C(COC)=C(C)C. The number of esters is 1. The van der Waals surface area contributed by atoms with E-state index < -0.39 is 0 Å². The van der Waals surface area contributed by atoms with Crippen LogP contribution in [-0.2, 0) is 14.3 Å². The number of allylic oxidation sites excluding steroid dienone is 1. The van der Waals surface area contributed by atoms with Crippen LogP contribution in [0.1, 0.15) is 20.8 Å². The molecule has 0 aliphatic rings. The maximum Gasteiger partial charge on any atom is 0.336 e. The lowest BCUT2D eigenvalue weighted by Crippen LogP contribution is -2.13. The molecule has 0 aromatic heterocycles. The van der Waals surface area contributed by atoms with Crippen LogP contribution in [-0.4, -0.2) is 26.3 Å². The van der Waals surface area contributed by atoms with Gasteiger partial charge in [-0.15, -0.1) is 0 Å². The molecule has 0 spiro atoms. The summed E-state index contributed by atoms with van der Waals surface area (Å²) in [5.41, 5.74) is 1.55. The highest BCUT2D eigenvalue weighted by atomic mass is 16.5. The molecule has 0 aromatic carbocycles. The highest BCUT2D eigenvalue weighted by Gasteiger charge is 2.10. The summed E-state index contributed by atoms with van der Waals surface area (Å²) in [5.74, 6) is -0.278. The molecule has 0 atom stereocenters. The van der Waals surface area contributed by atoms with E-state index in [1.54, 1.807) is 14.0 Å². The lowest BCUT2D eigenvalue weighted by molar-refractivity contribution is -0.139. The maximum absolute atomic E-state index is 11.2. The quantitative estimate of drug-likeness (QED) is 0.476. The predicted molar refractivity (Wildman–Crippen MR) is 46.9 cm³/mol. The molecule has 0 radical (unpaired) electrons. The van der Waals surface area contributed by atoms with E-state index in [9.17, 15) is 4.79 Å². The number of methoxy groups -OCH3 is 1. The molecule has 0 saturated carbocycles. The van der Waals surface area contributed by atoms with Gasteiger partial charge in [0.15, 0.2) is 0 Å². The van der Waals surface area contributed by atoms with Crippen LogP contribution >= 0.6 is 0 Å². The topological polar surface area (TPSA) is 35.5 Å². The fraction of sp³-hybridized carbons (Fsp3) is 0.667. The minimum atomic E-state index is -0.278. The van der Waals surface area contributed by atoms with Gasteiger partial charge in [-0.2, -0.15) is 0 Å². The number of hydrogen-bond acceptors (Lipinski definition) is 3. The zero-order valence-corrected chi connectivity index (χ0v) is 8.14. The van der Waals surface area contributed by atoms with Gasteiger partial charge in [-0.1, -0.05) is 5.57 Å². The van der Waals surface area contributed by atoms with E-state index in [2.05, 4.69) is 0 Å². The number of carbonyl (C=O) groups is 1. The van der Waals surface area contributed by atoms with E-state index in [0.717, 1.165) is 5.57 Å². The molecule has 0 unspecified atom stereocenters. The van der Waals surface area contributed by atoms with Crippen LogP contribution in [0.25, 0.3) is 0 Å². The van der Waals surface area contributed by atoms with E-state index in [-0.39, 0.29) is 5.97 Å². The lowest BCUT2D eigenvalue weighted by Gasteiger charge is -2.07. The molecule has 12 heavy (non-hydrogen) atoms.